The molecular weight excluding hydrogens is 457 g/mol. The number of amides is 1. The Morgan fingerprint density at radius 1 is 1.16 bits per heavy atom. The highest BCUT2D eigenvalue weighted by Crippen LogP contribution is 2.27. The molecule has 1 aliphatic rings. The third-order valence-electron chi connectivity index (χ3n) is 4.70. The summed E-state index contributed by atoms with van der Waals surface area (Å²) in [5.41, 5.74) is 1.31. The van der Waals surface area contributed by atoms with Crippen molar-refractivity contribution in [3.63, 3.8) is 0 Å². The molecule has 0 aliphatic carbocycles. The number of benzene rings is 2. The molecule has 1 saturated heterocycles. The second-order valence-electron chi connectivity index (χ2n) is 6.85. The van der Waals surface area contributed by atoms with E-state index >= 15 is 0 Å². The molecule has 4 rings (SSSR count). The number of hydrogen-bond acceptors (Lipinski definition) is 7. The number of rotatable bonds is 7. The van der Waals surface area contributed by atoms with Crippen molar-refractivity contribution >= 4 is 32.4 Å². The Kier molecular flexibility index (Phi) is 6.80. The second kappa shape index (κ2) is 9.74. The van der Waals surface area contributed by atoms with Crippen LogP contribution in [0.4, 0.5) is 9.52 Å². The monoisotopic (exact) mass is 477 g/mol. The van der Waals surface area contributed by atoms with Crippen molar-refractivity contribution in [2.75, 3.05) is 38.2 Å². The van der Waals surface area contributed by atoms with E-state index in [0.717, 1.165) is 0 Å². The normalized spacial score (nSPS) is 14.8. The SMILES string of the molecule is O=C(COc1ccccc1F)Nc1nc(-c2ccc(S(=O)(=O)N3CCOCC3)cc2)cs1. The van der Waals surface area contributed by atoms with E-state index in [1.807, 2.05) is 0 Å². The lowest BCUT2D eigenvalue weighted by Gasteiger charge is -2.26. The highest BCUT2D eigenvalue weighted by Gasteiger charge is 2.26. The molecule has 0 unspecified atom stereocenters. The number of thiazole rings is 1. The lowest BCUT2D eigenvalue weighted by Crippen LogP contribution is -2.40. The topological polar surface area (TPSA) is 97.8 Å². The zero-order valence-electron chi connectivity index (χ0n) is 16.9. The maximum Gasteiger partial charge on any atom is 0.264 e. The number of nitrogens with zero attached hydrogens (tertiary/aromatic N) is 2. The lowest BCUT2D eigenvalue weighted by atomic mass is 10.2. The van der Waals surface area contributed by atoms with E-state index in [9.17, 15) is 17.6 Å². The molecule has 3 aromatic rings. The number of anilines is 1. The maximum atomic E-state index is 13.6. The van der Waals surface area contributed by atoms with Crippen molar-refractivity contribution < 1.29 is 27.1 Å². The smallest absolute Gasteiger partial charge is 0.264 e. The molecule has 0 bridgehead atoms. The third kappa shape index (κ3) is 5.13. The zero-order valence-corrected chi connectivity index (χ0v) is 18.5. The van der Waals surface area contributed by atoms with E-state index in [0.29, 0.717) is 42.7 Å². The standard InChI is InChI=1S/C21H20FN3O5S2/c22-17-3-1-2-4-19(17)30-13-20(26)24-21-23-18(14-31-21)15-5-7-16(8-6-15)32(27,28)25-9-11-29-12-10-25/h1-8,14H,9-13H2,(H,23,24,26). The molecule has 0 atom stereocenters. The first kappa shape index (κ1) is 22.3. The van der Waals surface area contributed by atoms with Gasteiger partial charge in [0.2, 0.25) is 10.0 Å². The predicted molar refractivity (Wildman–Crippen MR) is 118 cm³/mol. The van der Waals surface area contributed by atoms with Gasteiger partial charge in [0.1, 0.15) is 0 Å². The summed E-state index contributed by atoms with van der Waals surface area (Å²) < 4.78 is 50.8. The van der Waals surface area contributed by atoms with Crippen molar-refractivity contribution in [1.29, 1.82) is 0 Å². The number of hydrogen-bond donors (Lipinski definition) is 1. The Morgan fingerprint density at radius 3 is 2.59 bits per heavy atom. The van der Waals surface area contributed by atoms with E-state index in [2.05, 4.69) is 10.3 Å². The molecule has 168 valence electrons. The van der Waals surface area contributed by atoms with E-state index < -0.39 is 21.7 Å². The van der Waals surface area contributed by atoms with Crippen LogP contribution in [-0.2, 0) is 19.6 Å². The minimum absolute atomic E-state index is 0.00500. The first-order valence-electron chi connectivity index (χ1n) is 9.74. The van der Waals surface area contributed by atoms with Crippen molar-refractivity contribution in [2.45, 2.75) is 4.90 Å². The molecule has 2 heterocycles. The van der Waals surface area contributed by atoms with Crippen LogP contribution in [0, 0.1) is 5.82 Å². The average Bonchev–Trinajstić information content (AvgIpc) is 3.27. The molecule has 11 heteroatoms. The maximum absolute atomic E-state index is 13.6. The molecular formula is C21H20FN3O5S2. The van der Waals surface area contributed by atoms with Crippen LogP contribution >= 0.6 is 11.3 Å². The number of nitrogens with one attached hydrogen (secondary N) is 1. The van der Waals surface area contributed by atoms with Crippen molar-refractivity contribution in [3.05, 3.63) is 59.7 Å². The van der Waals surface area contributed by atoms with Crippen molar-refractivity contribution in [1.82, 2.24) is 9.29 Å². The van der Waals surface area contributed by atoms with Crippen LogP contribution < -0.4 is 10.1 Å². The lowest BCUT2D eigenvalue weighted by molar-refractivity contribution is -0.118. The summed E-state index contributed by atoms with van der Waals surface area (Å²) in [5, 5.41) is 4.71. The summed E-state index contributed by atoms with van der Waals surface area (Å²) in [4.78, 5) is 16.6. The number of sulfonamides is 1. The largest absolute Gasteiger partial charge is 0.481 e. The number of para-hydroxylation sites is 1. The molecule has 0 saturated carbocycles. The molecule has 8 nitrogen and oxygen atoms in total. The summed E-state index contributed by atoms with van der Waals surface area (Å²) in [6.07, 6.45) is 0. The van der Waals surface area contributed by atoms with Gasteiger partial charge in [-0.05, 0) is 24.3 Å². The third-order valence-corrected chi connectivity index (χ3v) is 7.37. The first-order chi connectivity index (χ1) is 15.4. The number of aromatic nitrogens is 1. The van der Waals surface area contributed by atoms with Gasteiger partial charge >= 0.3 is 0 Å². The molecule has 1 N–H and O–H groups in total. The van der Waals surface area contributed by atoms with Gasteiger partial charge in [-0.15, -0.1) is 11.3 Å². The molecule has 1 fully saturated rings. The first-order valence-corrected chi connectivity index (χ1v) is 12.1. The fourth-order valence-electron chi connectivity index (χ4n) is 3.06. The van der Waals surface area contributed by atoms with Gasteiger partial charge in [-0.2, -0.15) is 4.31 Å². The van der Waals surface area contributed by atoms with Crippen LogP contribution in [0.5, 0.6) is 5.75 Å². The fourth-order valence-corrected chi connectivity index (χ4v) is 5.20. The Morgan fingerprint density at radius 2 is 1.88 bits per heavy atom. The van der Waals surface area contributed by atoms with Gasteiger partial charge in [0.25, 0.3) is 5.91 Å². The molecule has 0 spiro atoms. The second-order valence-corrected chi connectivity index (χ2v) is 9.64. The van der Waals surface area contributed by atoms with Gasteiger partial charge in [0.15, 0.2) is 23.3 Å². The Labute approximate surface area is 188 Å². The van der Waals surface area contributed by atoms with E-state index in [4.69, 9.17) is 9.47 Å². The minimum atomic E-state index is -3.57. The van der Waals surface area contributed by atoms with Crippen molar-refractivity contribution in [2.24, 2.45) is 0 Å². The van der Waals surface area contributed by atoms with Gasteiger partial charge in [0, 0.05) is 24.0 Å². The Bertz CT molecular complexity index is 1190. The summed E-state index contributed by atoms with van der Waals surface area (Å²) in [6, 6.07) is 12.3. The molecule has 1 aliphatic heterocycles. The van der Waals surface area contributed by atoms with Gasteiger partial charge in [-0.3, -0.25) is 10.1 Å². The minimum Gasteiger partial charge on any atom is -0.481 e. The number of morpholine rings is 1. The highest BCUT2D eigenvalue weighted by molar-refractivity contribution is 7.89. The van der Waals surface area contributed by atoms with Crippen molar-refractivity contribution in [3.8, 4) is 17.0 Å². The van der Waals surface area contributed by atoms with E-state index in [-0.39, 0.29) is 17.3 Å². The van der Waals surface area contributed by atoms with Crippen LogP contribution in [0.2, 0.25) is 0 Å². The van der Waals surface area contributed by atoms with Gasteiger partial charge in [-0.25, -0.2) is 17.8 Å². The number of ether oxygens (including phenoxy) is 2. The molecule has 0 radical (unpaired) electrons. The highest BCUT2D eigenvalue weighted by atomic mass is 32.2. The van der Waals surface area contributed by atoms with Gasteiger partial charge in [-0.1, -0.05) is 24.3 Å². The summed E-state index contributed by atoms with van der Waals surface area (Å²) in [7, 11) is -3.57. The summed E-state index contributed by atoms with van der Waals surface area (Å²) in [5.74, 6) is -1.02. The van der Waals surface area contributed by atoms with Crippen LogP contribution in [0.25, 0.3) is 11.3 Å². The number of carbonyl (C=O) groups is 1. The zero-order chi connectivity index (χ0) is 22.6. The van der Waals surface area contributed by atoms with Crippen LogP contribution in [-0.4, -0.2) is 56.5 Å². The summed E-state index contributed by atoms with van der Waals surface area (Å²) in [6.45, 7) is 1.08. The van der Waals surface area contributed by atoms with Gasteiger partial charge < -0.3 is 9.47 Å². The fraction of sp³-hybridized carbons (Fsp3) is 0.238. The molecule has 32 heavy (non-hydrogen) atoms. The van der Waals surface area contributed by atoms with E-state index in [1.54, 1.807) is 35.7 Å². The van der Waals surface area contributed by atoms with Gasteiger partial charge in [0.05, 0.1) is 23.8 Å². The van der Waals surface area contributed by atoms with Crippen LogP contribution in [0.3, 0.4) is 0 Å². The quantitative estimate of drug-likeness (QED) is 0.562. The molecule has 1 aromatic heterocycles. The Hall–Kier alpha value is -2.86. The number of halogens is 1. The van der Waals surface area contributed by atoms with Crippen LogP contribution in [0.1, 0.15) is 0 Å². The van der Waals surface area contributed by atoms with Crippen LogP contribution in [0.15, 0.2) is 58.8 Å². The number of carbonyl (C=O) groups excluding carboxylic acids is 1. The predicted octanol–water partition coefficient (Wildman–Crippen LogP) is 2.99. The average molecular weight is 478 g/mol. The van der Waals surface area contributed by atoms with E-state index in [1.165, 1.54) is 33.8 Å². The molecule has 1 amide bonds. The Balaban J connectivity index is 1.38. The molecule has 2 aromatic carbocycles. The summed E-state index contributed by atoms with van der Waals surface area (Å²) >= 11 is 1.22.